The number of anilines is 1. The van der Waals surface area contributed by atoms with Crippen molar-refractivity contribution in [3.8, 4) is 0 Å². The van der Waals surface area contributed by atoms with Crippen molar-refractivity contribution < 1.29 is 14.1 Å². The number of benzene rings is 2. The van der Waals surface area contributed by atoms with Crippen LogP contribution in [-0.4, -0.2) is 18.5 Å². The number of carbonyl (C=O) groups excluding carboxylic acids is 1. The van der Waals surface area contributed by atoms with Gasteiger partial charge in [0.1, 0.15) is 5.82 Å². The average molecular weight is 332 g/mol. The minimum absolute atomic E-state index is 0.0738. The van der Waals surface area contributed by atoms with Gasteiger partial charge in [-0.3, -0.25) is 9.69 Å². The Morgan fingerprint density at radius 2 is 1.87 bits per heavy atom. The van der Waals surface area contributed by atoms with Crippen molar-refractivity contribution in [2.24, 2.45) is 0 Å². The van der Waals surface area contributed by atoms with Gasteiger partial charge in [0.05, 0.1) is 17.8 Å². The number of hydrogen-bond acceptors (Lipinski definition) is 1. The zero-order valence-corrected chi connectivity index (χ0v) is 13.3. The van der Waals surface area contributed by atoms with E-state index in [0.717, 1.165) is 30.0 Å². The SMILES string of the molecule is O=C1C2CCC[NH+]2C(c2ccccc2F)N1c1ccc(Cl)cc1. The van der Waals surface area contributed by atoms with Gasteiger partial charge in [0.15, 0.2) is 12.2 Å². The Balaban J connectivity index is 1.83. The van der Waals surface area contributed by atoms with Gasteiger partial charge in [-0.25, -0.2) is 4.39 Å². The topological polar surface area (TPSA) is 24.8 Å². The van der Waals surface area contributed by atoms with Crippen molar-refractivity contribution in [1.29, 1.82) is 0 Å². The van der Waals surface area contributed by atoms with Crippen LogP contribution in [0.25, 0.3) is 0 Å². The average Bonchev–Trinajstić information content (AvgIpc) is 3.12. The number of amides is 1. The van der Waals surface area contributed by atoms with Crippen molar-refractivity contribution >= 4 is 23.2 Å². The highest BCUT2D eigenvalue weighted by molar-refractivity contribution is 6.30. The molecule has 2 aromatic carbocycles. The summed E-state index contributed by atoms with van der Waals surface area (Å²) in [7, 11) is 0. The molecule has 2 aliphatic heterocycles. The van der Waals surface area contributed by atoms with Gasteiger partial charge in [-0.15, -0.1) is 0 Å². The van der Waals surface area contributed by atoms with E-state index < -0.39 is 0 Å². The summed E-state index contributed by atoms with van der Waals surface area (Å²) in [6, 6.07) is 13.9. The van der Waals surface area contributed by atoms with Gasteiger partial charge >= 0.3 is 0 Å². The van der Waals surface area contributed by atoms with Gasteiger partial charge < -0.3 is 4.90 Å². The first-order valence-electron chi connectivity index (χ1n) is 7.85. The predicted molar refractivity (Wildman–Crippen MR) is 86.9 cm³/mol. The quantitative estimate of drug-likeness (QED) is 0.899. The lowest BCUT2D eigenvalue weighted by Gasteiger charge is -2.26. The molecule has 5 heteroatoms. The molecule has 3 unspecified atom stereocenters. The summed E-state index contributed by atoms with van der Waals surface area (Å²) in [5, 5.41) is 0.621. The normalized spacial score (nSPS) is 26.6. The number of rotatable bonds is 2. The summed E-state index contributed by atoms with van der Waals surface area (Å²) < 4.78 is 14.4. The molecule has 1 amide bonds. The van der Waals surface area contributed by atoms with E-state index in [1.54, 1.807) is 29.2 Å². The molecular formula is C18H17ClFN2O+. The Morgan fingerprint density at radius 1 is 1.13 bits per heavy atom. The monoisotopic (exact) mass is 331 g/mol. The number of carbonyl (C=O) groups is 1. The maximum atomic E-state index is 14.4. The molecule has 0 spiro atoms. The summed E-state index contributed by atoms with van der Waals surface area (Å²) in [6.07, 6.45) is 1.56. The molecule has 0 bridgehead atoms. The summed E-state index contributed by atoms with van der Waals surface area (Å²) >= 11 is 5.96. The maximum Gasteiger partial charge on any atom is 0.290 e. The second-order valence-corrected chi connectivity index (χ2v) is 6.56. The largest absolute Gasteiger partial charge is 0.301 e. The summed E-state index contributed by atoms with van der Waals surface area (Å²) in [6.45, 7) is 0.888. The van der Waals surface area contributed by atoms with E-state index in [1.807, 2.05) is 18.2 Å². The lowest BCUT2D eigenvalue weighted by molar-refractivity contribution is -0.924. The standard InChI is InChI=1S/C18H16ClFN2O/c19-12-7-9-13(10-8-12)22-17(14-4-1-2-5-15(14)20)21-11-3-6-16(21)18(22)23/h1-2,4-5,7-10,16-17H,3,6,11H2/p+1. The Labute approximate surface area is 139 Å². The van der Waals surface area contributed by atoms with Crippen LogP contribution in [0.2, 0.25) is 5.02 Å². The van der Waals surface area contributed by atoms with Crippen molar-refractivity contribution in [2.75, 3.05) is 11.4 Å². The maximum absolute atomic E-state index is 14.4. The molecule has 0 radical (unpaired) electrons. The first-order valence-corrected chi connectivity index (χ1v) is 8.23. The van der Waals surface area contributed by atoms with Crippen molar-refractivity contribution in [3.05, 3.63) is 64.9 Å². The fourth-order valence-electron chi connectivity index (χ4n) is 3.85. The molecule has 118 valence electrons. The van der Waals surface area contributed by atoms with Crippen LogP contribution in [0.4, 0.5) is 10.1 Å². The van der Waals surface area contributed by atoms with E-state index in [0.29, 0.717) is 10.6 Å². The first-order chi connectivity index (χ1) is 11.2. The van der Waals surface area contributed by atoms with Crippen LogP contribution in [0.15, 0.2) is 48.5 Å². The van der Waals surface area contributed by atoms with E-state index in [9.17, 15) is 9.18 Å². The molecule has 4 rings (SSSR count). The number of fused-ring (bicyclic) bond motifs is 1. The van der Waals surface area contributed by atoms with Gasteiger partial charge in [-0.05, 0) is 36.4 Å². The second kappa shape index (κ2) is 5.62. The van der Waals surface area contributed by atoms with Gasteiger partial charge in [0.2, 0.25) is 0 Å². The van der Waals surface area contributed by atoms with E-state index in [-0.39, 0.29) is 23.9 Å². The highest BCUT2D eigenvalue weighted by Crippen LogP contribution is 2.32. The number of nitrogens with zero attached hydrogens (tertiary/aromatic N) is 1. The third-order valence-electron chi connectivity index (χ3n) is 4.86. The van der Waals surface area contributed by atoms with Crippen LogP contribution in [-0.2, 0) is 4.79 Å². The Morgan fingerprint density at radius 3 is 2.61 bits per heavy atom. The Kier molecular flexibility index (Phi) is 3.58. The molecule has 0 aliphatic carbocycles. The van der Waals surface area contributed by atoms with Crippen LogP contribution < -0.4 is 9.80 Å². The summed E-state index contributed by atoms with van der Waals surface area (Å²) in [5.41, 5.74) is 1.35. The van der Waals surface area contributed by atoms with Gasteiger partial charge in [-0.2, -0.15) is 0 Å². The smallest absolute Gasteiger partial charge is 0.290 e. The van der Waals surface area contributed by atoms with Crippen LogP contribution >= 0.6 is 11.6 Å². The van der Waals surface area contributed by atoms with Crippen LogP contribution in [0.5, 0.6) is 0 Å². The Bertz CT molecular complexity index is 749. The summed E-state index contributed by atoms with van der Waals surface area (Å²) in [5.74, 6) is -0.183. The van der Waals surface area contributed by atoms with E-state index >= 15 is 0 Å². The minimum Gasteiger partial charge on any atom is -0.301 e. The number of nitrogens with one attached hydrogen (secondary N) is 1. The zero-order valence-electron chi connectivity index (χ0n) is 12.5. The molecule has 2 heterocycles. The molecule has 3 atom stereocenters. The highest BCUT2D eigenvalue weighted by Gasteiger charge is 2.54. The summed E-state index contributed by atoms with van der Waals surface area (Å²) in [4.78, 5) is 15.8. The lowest BCUT2D eigenvalue weighted by atomic mass is 10.1. The van der Waals surface area contributed by atoms with E-state index in [1.165, 1.54) is 6.07 Å². The molecule has 2 saturated heterocycles. The first kappa shape index (κ1) is 14.7. The van der Waals surface area contributed by atoms with Crippen molar-refractivity contribution in [3.63, 3.8) is 0 Å². The number of halogens is 2. The highest BCUT2D eigenvalue weighted by atomic mass is 35.5. The molecule has 2 aliphatic rings. The minimum atomic E-state index is -0.308. The fraction of sp³-hybridized carbons (Fsp3) is 0.278. The van der Waals surface area contributed by atoms with Gasteiger partial charge in [0, 0.05) is 17.9 Å². The number of quaternary nitrogens is 1. The van der Waals surface area contributed by atoms with E-state index in [2.05, 4.69) is 0 Å². The van der Waals surface area contributed by atoms with Crippen molar-refractivity contribution in [1.82, 2.24) is 0 Å². The third-order valence-corrected chi connectivity index (χ3v) is 5.11. The zero-order chi connectivity index (χ0) is 16.0. The predicted octanol–water partition coefficient (Wildman–Crippen LogP) is 2.57. The molecule has 2 fully saturated rings. The molecular weight excluding hydrogens is 315 g/mol. The van der Waals surface area contributed by atoms with Gasteiger partial charge in [-0.1, -0.05) is 23.7 Å². The molecule has 23 heavy (non-hydrogen) atoms. The lowest BCUT2D eigenvalue weighted by Crippen LogP contribution is -3.12. The second-order valence-electron chi connectivity index (χ2n) is 6.13. The number of hydrogen-bond donors (Lipinski definition) is 1. The Hall–Kier alpha value is -1.91. The molecule has 0 saturated carbocycles. The fourth-order valence-corrected chi connectivity index (χ4v) is 3.98. The van der Waals surface area contributed by atoms with Crippen LogP contribution in [0, 0.1) is 5.82 Å². The molecule has 3 nitrogen and oxygen atoms in total. The van der Waals surface area contributed by atoms with Crippen LogP contribution in [0.1, 0.15) is 24.6 Å². The van der Waals surface area contributed by atoms with Gasteiger partial charge in [0.25, 0.3) is 5.91 Å². The van der Waals surface area contributed by atoms with Crippen LogP contribution in [0.3, 0.4) is 0 Å². The third kappa shape index (κ3) is 2.33. The van der Waals surface area contributed by atoms with Crippen molar-refractivity contribution in [2.45, 2.75) is 25.0 Å². The van der Waals surface area contributed by atoms with E-state index in [4.69, 9.17) is 11.6 Å². The molecule has 2 aromatic rings. The molecule has 0 aromatic heterocycles. The molecule has 1 N–H and O–H groups in total.